The molecule has 0 amide bonds. The van der Waals surface area contributed by atoms with Crippen molar-refractivity contribution in [2.24, 2.45) is 0 Å². The predicted molar refractivity (Wildman–Crippen MR) is 131 cm³/mol. The van der Waals surface area contributed by atoms with E-state index >= 15 is 0 Å². The second kappa shape index (κ2) is 9.05. The number of halogens is 2. The lowest BCUT2D eigenvalue weighted by Crippen LogP contribution is -2.30. The molecule has 35 heavy (non-hydrogen) atoms. The lowest BCUT2D eigenvalue weighted by atomic mass is 9.92. The first-order chi connectivity index (χ1) is 16.7. The van der Waals surface area contributed by atoms with Crippen LogP contribution in [0.5, 0.6) is 0 Å². The summed E-state index contributed by atoms with van der Waals surface area (Å²) in [5.41, 5.74) is 2.17. The average molecular weight is 498 g/mol. The molecule has 0 radical (unpaired) electrons. The van der Waals surface area contributed by atoms with Gasteiger partial charge in [0, 0.05) is 23.2 Å². The third-order valence-corrected chi connectivity index (χ3v) is 8.10. The number of nitrogens with zero attached hydrogens (tertiary/aromatic N) is 2. The van der Waals surface area contributed by atoms with Gasteiger partial charge in [0.1, 0.15) is 11.6 Å². The van der Waals surface area contributed by atoms with Crippen LogP contribution in [0.25, 0.3) is 22.2 Å². The van der Waals surface area contributed by atoms with Crippen molar-refractivity contribution in [3.8, 4) is 11.1 Å². The Labute approximate surface area is 202 Å². The molecule has 4 aromatic rings. The summed E-state index contributed by atoms with van der Waals surface area (Å²) >= 11 is 0. The number of hydrogen-bond donors (Lipinski definition) is 2. The molecule has 0 aliphatic heterocycles. The molecular weight excluding hydrogens is 472 g/mol. The van der Waals surface area contributed by atoms with Gasteiger partial charge in [-0.3, -0.25) is 0 Å². The molecule has 0 unspecified atom stereocenters. The molecule has 0 saturated heterocycles. The molecule has 5 rings (SSSR count). The van der Waals surface area contributed by atoms with E-state index in [1.165, 1.54) is 36.5 Å². The zero-order chi connectivity index (χ0) is 24.7. The highest BCUT2D eigenvalue weighted by molar-refractivity contribution is 7.90. The Balaban J connectivity index is 1.61. The van der Waals surface area contributed by atoms with Crippen LogP contribution >= 0.6 is 0 Å². The zero-order valence-electron chi connectivity index (χ0n) is 19.1. The number of pyridine rings is 1. The highest BCUT2D eigenvalue weighted by atomic mass is 32.2. The molecule has 1 saturated carbocycles. The van der Waals surface area contributed by atoms with E-state index in [1.54, 1.807) is 18.2 Å². The van der Waals surface area contributed by atoms with Crippen molar-refractivity contribution in [3.63, 3.8) is 0 Å². The maximum Gasteiger partial charge on any atom is 0.269 e. The van der Waals surface area contributed by atoms with Crippen LogP contribution in [-0.4, -0.2) is 34.6 Å². The standard InChI is InChI=1S/C26H25F2N3O3S/c1-16-5-8-21(9-6-16)35(33,34)31-15-23(22-12-18(27)14-29-26(22)31)17-7-10-24(28)25(11-17)30-19-3-2-4-20(32)13-19/h5-12,14-15,19-20,30,32H,2-4,13H2,1H3/t19-,20+/m0/s1. The van der Waals surface area contributed by atoms with Gasteiger partial charge in [0.05, 0.1) is 22.9 Å². The van der Waals surface area contributed by atoms with Crippen molar-refractivity contribution in [1.29, 1.82) is 0 Å². The zero-order valence-corrected chi connectivity index (χ0v) is 19.9. The summed E-state index contributed by atoms with van der Waals surface area (Å²) in [7, 11) is -4.02. The molecule has 2 N–H and O–H groups in total. The van der Waals surface area contributed by atoms with E-state index in [0.717, 1.165) is 35.0 Å². The number of fused-ring (bicyclic) bond motifs is 1. The van der Waals surface area contributed by atoms with E-state index in [4.69, 9.17) is 0 Å². The quantitative estimate of drug-likeness (QED) is 0.394. The molecular formula is C26H25F2N3O3S. The lowest BCUT2D eigenvalue weighted by Gasteiger charge is -2.27. The Kier molecular flexibility index (Phi) is 6.06. The van der Waals surface area contributed by atoms with Crippen LogP contribution in [0, 0.1) is 18.6 Å². The molecule has 1 fully saturated rings. The molecule has 2 atom stereocenters. The first-order valence-electron chi connectivity index (χ1n) is 11.5. The Morgan fingerprint density at radius 2 is 1.86 bits per heavy atom. The van der Waals surface area contributed by atoms with Gasteiger partial charge in [-0.05, 0) is 68.5 Å². The van der Waals surface area contributed by atoms with Crippen molar-refractivity contribution < 1.29 is 22.3 Å². The van der Waals surface area contributed by atoms with Gasteiger partial charge < -0.3 is 10.4 Å². The fourth-order valence-electron chi connectivity index (χ4n) is 4.61. The van der Waals surface area contributed by atoms with Crippen molar-refractivity contribution in [2.75, 3.05) is 5.32 Å². The van der Waals surface area contributed by atoms with Crippen LogP contribution < -0.4 is 5.32 Å². The molecule has 1 aliphatic rings. The van der Waals surface area contributed by atoms with Crippen LogP contribution in [0.4, 0.5) is 14.5 Å². The number of aromatic nitrogens is 2. The Morgan fingerprint density at radius 3 is 2.60 bits per heavy atom. The normalized spacial score (nSPS) is 18.6. The van der Waals surface area contributed by atoms with Gasteiger partial charge >= 0.3 is 0 Å². The predicted octanol–water partition coefficient (Wildman–Crippen LogP) is 5.24. The monoisotopic (exact) mass is 497 g/mol. The number of benzene rings is 2. The molecule has 1 aliphatic carbocycles. The minimum Gasteiger partial charge on any atom is -0.393 e. The molecule has 2 aromatic carbocycles. The van der Waals surface area contributed by atoms with Gasteiger partial charge in [-0.25, -0.2) is 26.2 Å². The highest BCUT2D eigenvalue weighted by Gasteiger charge is 2.25. The Bertz CT molecular complexity index is 1500. The van der Waals surface area contributed by atoms with Crippen molar-refractivity contribution in [1.82, 2.24) is 8.96 Å². The van der Waals surface area contributed by atoms with Crippen LogP contribution in [0.2, 0.25) is 0 Å². The van der Waals surface area contributed by atoms with Gasteiger partial charge in [0.15, 0.2) is 5.65 Å². The van der Waals surface area contributed by atoms with Crippen LogP contribution in [0.15, 0.2) is 65.8 Å². The van der Waals surface area contributed by atoms with E-state index in [0.29, 0.717) is 22.9 Å². The van der Waals surface area contributed by atoms with Crippen LogP contribution in [-0.2, 0) is 10.0 Å². The Hall–Kier alpha value is -3.30. The maximum absolute atomic E-state index is 14.7. The topological polar surface area (TPSA) is 84.2 Å². The fourth-order valence-corrected chi connectivity index (χ4v) is 5.93. The molecule has 9 heteroatoms. The van der Waals surface area contributed by atoms with Gasteiger partial charge in [-0.2, -0.15) is 0 Å². The summed E-state index contributed by atoms with van der Waals surface area (Å²) in [5, 5.41) is 13.4. The minimum absolute atomic E-state index is 0.0779. The summed E-state index contributed by atoms with van der Waals surface area (Å²) < 4.78 is 56.8. The van der Waals surface area contributed by atoms with E-state index in [-0.39, 0.29) is 22.3 Å². The smallest absolute Gasteiger partial charge is 0.269 e. The van der Waals surface area contributed by atoms with Gasteiger partial charge in [0.25, 0.3) is 10.0 Å². The summed E-state index contributed by atoms with van der Waals surface area (Å²) in [4.78, 5) is 4.15. The van der Waals surface area contributed by atoms with Gasteiger partial charge in [-0.15, -0.1) is 0 Å². The SMILES string of the molecule is Cc1ccc(S(=O)(=O)n2cc(-c3ccc(F)c(N[C@H]4CCC[C@@H](O)C4)c3)c3cc(F)cnc32)cc1. The fraction of sp³-hybridized carbons (Fsp3) is 0.269. The Morgan fingerprint density at radius 1 is 1.09 bits per heavy atom. The molecule has 2 aromatic heterocycles. The van der Waals surface area contributed by atoms with Crippen LogP contribution in [0.3, 0.4) is 0 Å². The van der Waals surface area contributed by atoms with Crippen LogP contribution in [0.1, 0.15) is 31.2 Å². The first kappa shape index (κ1) is 23.4. The second-order valence-corrected chi connectivity index (χ2v) is 10.9. The molecule has 6 nitrogen and oxygen atoms in total. The maximum atomic E-state index is 14.7. The van der Waals surface area contributed by atoms with Gasteiger partial charge in [-0.1, -0.05) is 23.8 Å². The first-order valence-corrected chi connectivity index (χ1v) is 12.9. The molecule has 182 valence electrons. The average Bonchev–Trinajstić information content (AvgIpc) is 3.20. The molecule has 2 heterocycles. The second-order valence-electron chi connectivity index (χ2n) is 9.04. The third kappa shape index (κ3) is 4.53. The van der Waals surface area contributed by atoms with E-state index in [1.807, 2.05) is 6.92 Å². The largest absolute Gasteiger partial charge is 0.393 e. The van der Waals surface area contributed by atoms with E-state index < -0.39 is 27.8 Å². The van der Waals surface area contributed by atoms with Crippen molar-refractivity contribution in [2.45, 2.75) is 49.6 Å². The van der Waals surface area contributed by atoms with Gasteiger partial charge in [0.2, 0.25) is 0 Å². The van der Waals surface area contributed by atoms with Crippen molar-refractivity contribution in [3.05, 3.63) is 78.1 Å². The summed E-state index contributed by atoms with van der Waals surface area (Å²) in [6.45, 7) is 1.86. The summed E-state index contributed by atoms with van der Waals surface area (Å²) in [5.74, 6) is -1.07. The highest BCUT2D eigenvalue weighted by Crippen LogP contribution is 2.35. The minimum atomic E-state index is -4.02. The molecule has 0 spiro atoms. The number of rotatable bonds is 5. The number of nitrogens with one attached hydrogen (secondary N) is 1. The van der Waals surface area contributed by atoms with E-state index in [9.17, 15) is 22.3 Å². The number of hydrogen-bond acceptors (Lipinski definition) is 5. The summed E-state index contributed by atoms with van der Waals surface area (Å²) in [6.07, 6.45) is 4.85. The lowest BCUT2D eigenvalue weighted by molar-refractivity contribution is 0.124. The molecule has 0 bridgehead atoms. The number of anilines is 1. The number of aryl methyl sites for hydroxylation is 1. The summed E-state index contributed by atoms with van der Waals surface area (Å²) in [6, 6.07) is 12.0. The van der Waals surface area contributed by atoms with Crippen molar-refractivity contribution >= 4 is 26.7 Å². The number of aliphatic hydroxyl groups is 1. The third-order valence-electron chi connectivity index (χ3n) is 6.44. The number of aliphatic hydroxyl groups excluding tert-OH is 1. The van der Waals surface area contributed by atoms with E-state index in [2.05, 4.69) is 10.3 Å².